The van der Waals surface area contributed by atoms with E-state index < -0.39 is 21.5 Å². The van der Waals surface area contributed by atoms with Crippen molar-refractivity contribution in [3.8, 4) is 17.6 Å². The van der Waals surface area contributed by atoms with Crippen molar-refractivity contribution in [2.24, 2.45) is 0 Å². The fourth-order valence-electron chi connectivity index (χ4n) is 2.97. The summed E-state index contributed by atoms with van der Waals surface area (Å²) in [5, 5.41) is 1.08. The monoisotopic (exact) mass is 549 g/mol. The van der Waals surface area contributed by atoms with Crippen molar-refractivity contribution >= 4 is 59.0 Å². The number of fused-ring (bicyclic) bond motifs is 1. The highest BCUT2D eigenvalue weighted by atomic mass is 79.9. The first-order chi connectivity index (χ1) is 15.4. The van der Waals surface area contributed by atoms with E-state index in [1.165, 1.54) is 30.2 Å². The van der Waals surface area contributed by atoms with Crippen LogP contribution >= 0.6 is 27.3 Å². The number of nitrogens with zero attached hydrogens (tertiary/aromatic N) is 1. The molecule has 2 aromatic carbocycles. The largest absolute Gasteiger partial charge is 0.495 e. The van der Waals surface area contributed by atoms with Gasteiger partial charge in [0.15, 0.2) is 9.84 Å². The summed E-state index contributed by atoms with van der Waals surface area (Å²) in [5.74, 6) is 6.39. The number of hydrogen-bond donors (Lipinski definition) is 0. The number of benzene rings is 2. The molecular weight excluding hydrogens is 526 g/mol. The second-order valence-corrected chi connectivity index (χ2v) is 12.2. The number of amides is 1. The molecule has 0 fully saturated rings. The maximum Gasteiger partial charge on any atom is 0.415 e. The summed E-state index contributed by atoms with van der Waals surface area (Å²) >= 11 is 5.11. The SMILES string of the molecule is COc1cc(S(C)(=O)=O)ccc1N(CC#Cc1cc2c(Br)cccc2s1)C(=O)OC(C)(C)C. The summed E-state index contributed by atoms with van der Waals surface area (Å²) in [7, 11) is -2.03. The summed E-state index contributed by atoms with van der Waals surface area (Å²) in [6, 6.07) is 12.3. The highest BCUT2D eigenvalue weighted by Gasteiger charge is 2.26. The molecule has 3 rings (SSSR count). The Kier molecular flexibility index (Phi) is 7.42. The van der Waals surface area contributed by atoms with E-state index in [1.54, 1.807) is 32.1 Å². The van der Waals surface area contributed by atoms with Crippen molar-refractivity contribution in [3.63, 3.8) is 0 Å². The molecule has 0 unspecified atom stereocenters. The highest BCUT2D eigenvalue weighted by molar-refractivity contribution is 9.10. The summed E-state index contributed by atoms with van der Waals surface area (Å²) in [4.78, 5) is 15.3. The molecule has 0 saturated heterocycles. The maximum atomic E-state index is 13.0. The van der Waals surface area contributed by atoms with Gasteiger partial charge in [-0.25, -0.2) is 13.2 Å². The molecule has 0 aliphatic carbocycles. The van der Waals surface area contributed by atoms with E-state index in [1.807, 2.05) is 24.3 Å². The van der Waals surface area contributed by atoms with Crippen LogP contribution in [-0.2, 0) is 14.6 Å². The molecule has 33 heavy (non-hydrogen) atoms. The molecular formula is C24H24BrNO5S2. The van der Waals surface area contributed by atoms with Crippen molar-refractivity contribution in [1.29, 1.82) is 0 Å². The predicted octanol–water partition coefficient (Wildman–Crippen LogP) is 5.87. The fourth-order valence-corrected chi connectivity index (χ4v) is 5.18. The molecule has 0 aliphatic rings. The Hall–Kier alpha value is -2.54. The molecule has 3 aromatic rings. The first kappa shape index (κ1) is 25.1. The number of carbonyl (C=O) groups is 1. The van der Waals surface area contributed by atoms with Crippen molar-refractivity contribution in [2.75, 3.05) is 24.8 Å². The van der Waals surface area contributed by atoms with Gasteiger partial charge in [0.25, 0.3) is 0 Å². The Bertz CT molecular complexity index is 1360. The van der Waals surface area contributed by atoms with Crippen LogP contribution in [0.5, 0.6) is 5.75 Å². The van der Waals surface area contributed by atoms with Gasteiger partial charge in [0.1, 0.15) is 11.4 Å². The van der Waals surface area contributed by atoms with Gasteiger partial charge in [0.2, 0.25) is 0 Å². The zero-order valence-corrected chi connectivity index (χ0v) is 22.2. The molecule has 0 radical (unpaired) electrons. The quantitative estimate of drug-likeness (QED) is 0.380. The van der Waals surface area contributed by atoms with Crippen LogP contribution in [0.4, 0.5) is 10.5 Å². The van der Waals surface area contributed by atoms with E-state index >= 15 is 0 Å². The molecule has 174 valence electrons. The van der Waals surface area contributed by atoms with Gasteiger partial charge in [0.05, 0.1) is 29.1 Å². The smallest absolute Gasteiger partial charge is 0.415 e. The molecule has 0 aliphatic heterocycles. The molecule has 1 heterocycles. The Balaban J connectivity index is 1.98. The molecule has 0 bridgehead atoms. The zero-order valence-electron chi connectivity index (χ0n) is 18.9. The second kappa shape index (κ2) is 9.75. The van der Waals surface area contributed by atoms with Crippen molar-refractivity contribution in [3.05, 3.63) is 51.8 Å². The Labute approximate surface area is 206 Å². The zero-order chi connectivity index (χ0) is 24.4. The van der Waals surface area contributed by atoms with Gasteiger partial charge in [-0.3, -0.25) is 4.90 Å². The molecule has 1 amide bonds. The van der Waals surface area contributed by atoms with Crippen LogP contribution < -0.4 is 9.64 Å². The van der Waals surface area contributed by atoms with Crippen molar-refractivity contribution < 1.29 is 22.7 Å². The van der Waals surface area contributed by atoms with Crippen LogP contribution in [0.1, 0.15) is 25.6 Å². The van der Waals surface area contributed by atoms with Gasteiger partial charge in [-0.2, -0.15) is 0 Å². The topological polar surface area (TPSA) is 72.9 Å². The number of rotatable bonds is 4. The lowest BCUT2D eigenvalue weighted by Crippen LogP contribution is -2.37. The molecule has 0 atom stereocenters. The number of halogens is 1. The van der Waals surface area contributed by atoms with Gasteiger partial charge >= 0.3 is 6.09 Å². The van der Waals surface area contributed by atoms with Gasteiger partial charge in [-0.05, 0) is 51.1 Å². The lowest BCUT2D eigenvalue weighted by Gasteiger charge is -2.27. The lowest BCUT2D eigenvalue weighted by molar-refractivity contribution is 0.0584. The standard InChI is InChI=1S/C24H24BrNO5S2/c1-24(2,3)31-23(27)26(20-12-11-17(33(5,28)29)15-21(20)30-4)13-7-8-16-14-18-19(25)9-6-10-22(18)32-16/h6,9-12,14-15H,13H2,1-5H3. The molecule has 1 aromatic heterocycles. The van der Waals surface area contributed by atoms with Gasteiger partial charge in [-0.1, -0.05) is 33.8 Å². The first-order valence-electron chi connectivity index (χ1n) is 9.94. The lowest BCUT2D eigenvalue weighted by atomic mass is 10.2. The Morgan fingerprint density at radius 3 is 2.52 bits per heavy atom. The minimum Gasteiger partial charge on any atom is -0.495 e. The third kappa shape index (κ3) is 6.28. The van der Waals surface area contributed by atoms with E-state index in [4.69, 9.17) is 9.47 Å². The van der Waals surface area contributed by atoms with E-state index in [9.17, 15) is 13.2 Å². The molecule has 0 spiro atoms. The number of ether oxygens (including phenoxy) is 2. The number of sulfone groups is 1. The third-order valence-corrected chi connectivity index (χ3v) is 7.26. The third-order valence-electron chi connectivity index (χ3n) is 4.44. The normalized spacial score (nSPS) is 11.6. The number of methoxy groups -OCH3 is 1. The van der Waals surface area contributed by atoms with Crippen LogP contribution in [0.3, 0.4) is 0 Å². The van der Waals surface area contributed by atoms with Crippen LogP contribution in [0, 0.1) is 11.8 Å². The minimum absolute atomic E-state index is 0.0267. The number of carbonyl (C=O) groups excluding carboxylic acids is 1. The average molecular weight is 550 g/mol. The fraction of sp³-hybridized carbons (Fsp3) is 0.292. The Morgan fingerprint density at radius 2 is 1.91 bits per heavy atom. The van der Waals surface area contributed by atoms with Crippen molar-refractivity contribution in [2.45, 2.75) is 31.3 Å². The van der Waals surface area contributed by atoms with Gasteiger partial charge in [0, 0.05) is 26.9 Å². The second-order valence-electron chi connectivity index (χ2n) is 8.24. The summed E-state index contributed by atoms with van der Waals surface area (Å²) < 4.78 is 36.9. The van der Waals surface area contributed by atoms with E-state index in [2.05, 4.69) is 27.8 Å². The molecule has 9 heteroatoms. The molecule has 6 nitrogen and oxygen atoms in total. The van der Waals surface area contributed by atoms with Crippen LogP contribution in [0.25, 0.3) is 10.1 Å². The highest BCUT2D eigenvalue weighted by Crippen LogP contribution is 2.33. The minimum atomic E-state index is -3.44. The van der Waals surface area contributed by atoms with Gasteiger partial charge in [-0.15, -0.1) is 11.3 Å². The Morgan fingerprint density at radius 1 is 1.18 bits per heavy atom. The van der Waals surface area contributed by atoms with E-state index in [0.29, 0.717) is 5.69 Å². The van der Waals surface area contributed by atoms with Crippen LogP contribution in [-0.4, -0.2) is 40.0 Å². The van der Waals surface area contributed by atoms with Crippen molar-refractivity contribution in [1.82, 2.24) is 0 Å². The molecule has 0 saturated carbocycles. The predicted molar refractivity (Wildman–Crippen MR) is 136 cm³/mol. The average Bonchev–Trinajstić information content (AvgIpc) is 3.13. The first-order valence-corrected chi connectivity index (χ1v) is 13.4. The summed E-state index contributed by atoms with van der Waals surface area (Å²) in [5.41, 5.74) is -0.354. The number of thiophene rings is 1. The van der Waals surface area contributed by atoms with E-state index in [0.717, 1.165) is 25.7 Å². The number of anilines is 1. The number of hydrogen-bond acceptors (Lipinski definition) is 6. The van der Waals surface area contributed by atoms with E-state index in [-0.39, 0.29) is 17.2 Å². The van der Waals surface area contributed by atoms with Crippen LogP contribution in [0.2, 0.25) is 0 Å². The van der Waals surface area contributed by atoms with Gasteiger partial charge < -0.3 is 9.47 Å². The maximum absolute atomic E-state index is 13.0. The summed E-state index contributed by atoms with van der Waals surface area (Å²) in [6.07, 6.45) is 0.503. The summed E-state index contributed by atoms with van der Waals surface area (Å²) in [6.45, 7) is 5.34. The molecule has 0 N–H and O–H groups in total. The van der Waals surface area contributed by atoms with Crippen LogP contribution in [0.15, 0.2) is 51.8 Å².